The molecule has 5 heteroatoms. The molecule has 2 amide bonds. The number of furan rings is 1. The third kappa shape index (κ3) is 2.95. The molecular formula is C20H22N2O3. The van der Waals surface area contributed by atoms with E-state index in [9.17, 15) is 9.59 Å². The van der Waals surface area contributed by atoms with Crippen LogP contribution in [-0.4, -0.2) is 23.3 Å². The molecule has 1 aromatic carbocycles. The summed E-state index contributed by atoms with van der Waals surface area (Å²) in [6.45, 7) is 3.16. The van der Waals surface area contributed by atoms with Crippen molar-refractivity contribution < 1.29 is 14.0 Å². The number of fused-ring (bicyclic) bond motifs is 1. The van der Waals surface area contributed by atoms with Crippen molar-refractivity contribution in [2.75, 3.05) is 6.54 Å². The van der Waals surface area contributed by atoms with Crippen LogP contribution in [0.3, 0.4) is 0 Å². The summed E-state index contributed by atoms with van der Waals surface area (Å²) >= 11 is 0. The summed E-state index contributed by atoms with van der Waals surface area (Å²) in [5, 5.41) is 2.80. The van der Waals surface area contributed by atoms with Crippen molar-refractivity contribution in [3.8, 4) is 0 Å². The van der Waals surface area contributed by atoms with E-state index in [0.29, 0.717) is 17.7 Å². The average molecular weight is 338 g/mol. The van der Waals surface area contributed by atoms with Gasteiger partial charge in [-0.1, -0.05) is 12.8 Å². The molecule has 3 heterocycles. The zero-order valence-corrected chi connectivity index (χ0v) is 14.4. The van der Waals surface area contributed by atoms with Crippen LogP contribution in [0.25, 0.3) is 0 Å². The van der Waals surface area contributed by atoms with Crippen LogP contribution in [-0.2, 0) is 6.54 Å². The molecule has 5 nitrogen and oxygen atoms in total. The number of likely N-dealkylation sites (tertiary alicyclic amines) is 1. The summed E-state index contributed by atoms with van der Waals surface area (Å²) in [7, 11) is 0. The highest BCUT2D eigenvalue weighted by molar-refractivity contribution is 6.01. The average Bonchev–Trinajstić information content (AvgIpc) is 3.11. The Morgan fingerprint density at radius 2 is 2.08 bits per heavy atom. The normalized spacial score (nSPS) is 20.1. The Bertz CT molecular complexity index is 824. The van der Waals surface area contributed by atoms with Gasteiger partial charge in [-0.25, -0.2) is 0 Å². The molecule has 4 rings (SSSR count). The van der Waals surface area contributed by atoms with Crippen LogP contribution in [0, 0.1) is 6.92 Å². The SMILES string of the molecule is Cc1ccc(C2CCCCCN2C(=O)c2ccc3c(c2)CNC3=O)o1. The van der Waals surface area contributed by atoms with Crippen molar-refractivity contribution >= 4 is 11.8 Å². The topological polar surface area (TPSA) is 62.6 Å². The van der Waals surface area contributed by atoms with Crippen molar-refractivity contribution in [1.82, 2.24) is 10.2 Å². The standard InChI is InChI=1S/C20H22N2O3/c1-13-6-9-18(25-13)17-5-3-2-4-10-22(17)20(24)14-7-8-16-15(11-14)12-21-19(16)23/h6-9,11,17H,2-5,10,12H2,1H3,(H,21,23). The van der Waals surface area contributed by atoms with Crippen molar-refractivity contribution in [3.63, 3.8) is 0 Å². The Morgan fingerprint density at radius 1 is 1.20 bits per heavy atom. The fraction of sp³-hybridized carbons (Fsp3) is 0.400. The Kier molecular flexibility index (Phi) is 4.07. The molecule has 1 aromatic heterocycles. The largest absolute Gasteiger partial charge is 0.464 e. The minimum absolute atomic E-state index is 0.0168. The van der Waals surface area contributed by atoms with Gasteiger partial charge in [0, 0.05) is 24.2 Å². The number of carbonyl (C=O) groups is 2. The maximum Gasteiger partial charge on any atom is 0.254 e. The number of nitrogens with one attached hydrogen (secondary N) is 1. The number of carbonyl (C=O) groups excluding carboxylic acids is 2. The Hall–Kier alpha value is -2.56. The van der Waals surface area contributed by atoms with Gasteiger partial charge in [-0.05, 0) is 55.7 Å². The van der Waals surface area contributed by atoms with Crippen molar-refractivity contribution in [3.05, 3.63) is 58.5 Å². The molecule has 25 heavy (non-hydrogen) atoms. The summed E-state index contributed by atoms with van der Waals surface area (Å²) < 4.78 is 5.83. The fourth-order valence-corrected chi connectivity index (χ4v) is 3.81. The molecule has 2 aliphatic rings. The van der Waals surface area contributed by atoms with E-state index in [2.05, 4.69) is 5.32 Å². The quantitative estimate of drug-likeness (QED) is 0.910. The molecule has 0 radical (unpaired) electrons. The summed E-state index contributed by atoms with van der Waals surface area (Å²) in [6.07, 6.45) is 4.15. The number of hydrogen-bond acceptors (Lipinski definition) is 3. The lowest BCUT2D eigenvalue weighted by atomic mass is 10.0. The molecule has 0 spiro atoms. The van der Waals surface area contributed by atoms with Crippen LogP contribution in [0.15, 0.2) is 34.7 Å². The van der Waals surface area contributed by atoms with Gasteiger partial charge in [-0.15, -0.1) is 0 Å². The number of nitrogens with zero attached hydrogens (tertiary/aromatic N) is 1. The lowest BCUT2D eigenvalue weighted by molar-refractivity contribution is 0.0657. The minimum Gasteiger partial charge on any atom is -0.464 e. The van der Waals surface area contributed by atoms with Gasteiger partial charge >= 0.3 is 0 Å². The van der Waals surface area contributed by atoms with Gasteiger partial charge in [0.05, 0.1) is 6.04 Å². The second-order valence-corrected chi connectivity index (χ2v) is 6.87. The van der Waals surface area contributed by atoms with Crippen molar-refractivity contribution in [2.45, 2.75) is 45.2 Å². The monoisotopic (exact) mass is 338 g/mol. The molecule has 2 aromatic rings. The van der Waals surface area contributed by atoms with Crippen LogP contribution in [0.5, 0.6) is 0 Å². The minimum atomic E-state index is -0.0623. The zero-order chi connectivity index (χ0) is 17.4. The van der Waals surface area contributed by atoms with Crippen LogP contribution in [0.2, 0.25) is 0 Å². The Morgan fingerprint density at radius 3 is 2.88 bits per heavy atom. The molecule has 0 saturated carbocycles. The molecule has 130 valence electrons. The highest BCUT2D eigenvalue weighted by atomic mass is 16.3. The molecule has 1 saturated heterocycles. The van der Waals surface area contributed by atoms with Gasteiger partial charge in [-0.2, -0.15) is 0 Å². The summed E-state index contributed by atoms with van der Waals surface area (Å²) in [5.41, 5.74) is 2.21. The molecular weight excluding hydrogens is 316 g/mol. The second-order valence-electron chi connectivity index (χ2n) is 6.87. The van der Waals surface area contributed by atoms with Gasteiger partial charge in [0.1, 0.15) is 11.5 Å². The number of benzene rings is 1. The van der Waals surface area contributed by atoms with Crippen molar-refractivity contribution in [1.29, 1.82) is 0 Å². The van der Waals surface area contributed by atoms with Gasteiger partial charge in [0.2, 0.25) is 0 Å². The predicted octanol–water partition coefficient (Wildman–Crippen LogP) is 3.59. The van der Waals surface area contributed by atoms with Crippen LogP contribution in [0.1, 0.15) is 69.5 Å². The van der Waals surface area contributed by atoms with Crippen LogP contribution in [0.4, 0.5) is 0 Å². The molecule has 0 aliphatic carbocycles. The van der Waals surface area contributed by atoms with E-state index in [1.54, 1.807) is 12.1 Å². The molecule has 1 atom stereocenters. The highest BCUT2D eigenvalue weighted by Gasteiger charge is 2.30. The first kappa shape index (κ1) is 15.9. The molecule has 1 unspecified atom stereocenters. The first-order chi connectivity index (χ1) is 12.1. The van der Waals surface area contributed by atoms with E-state index in [-0.39, 0.29) is 17.9 Å². The van der Waals surface area contributed by atoms with Crippen molar-refractivity contribution in [2.24, 2.45) is 0 Å². The number of rotatable bonds is 2. The predicted molar refractivity (Wildman–Crippen MR) is 93.3 cm³/mol. The number of amides is 2. The maximum absolute atomic E-state index is 13.2. The Balaban J connectivity index is 1.65. The second kappa shape index (κ2) is 6.39. The fourth-order valence-electron chi connectivity index (χ4n) is 3.81. The van der Waals surface area contributed by atoms with E-state index in [1.807, 2.05) is 30.0 Å². The van der Waals surface area contributed by atoms with E-state index in [0.717, 1.165) is 49.3 Å². The van der Waals surface area contributed by atoms with E-state index < -0.39 is 0 Å². The van der Waals surface area contributed by atoms with Gasteiger partial charge in [0.15, 0.2) is 0 Å². The molecule has 1 fully saturated rings. The van der Waals surface area contributed by atoms with Gasteiger partial charge in [-0.3, -0.25) is 9.59 Å². The van der Waals surface area contributed by atoms with E-state index in [1.165, 1.54) is 0 Å². The summed E-state index contributed by atoms with van der Waals surface area (Å²) in [5.74, 6) is 1.69. The molecule has 0 bridgehead atoms. The van der Waals surface area contributed by atoms with Crippen LogP contribution >= 0.6 is 0 Å². The maximum atomic E-state index is 13.2. The lowest BCUT2D eigenvalue weighted by Gasteiger charge is -2.29. The van der Waals surface area contributed by atoms with E-state index in [4.69, 9.17) is 4.42 Å². The van der Waals surface area contributed by atoms with Gasteiger partial charge < -0.3 is 14.6 Å². The smallest absolute Gasteiger partial charge is 0.254 e. The zero-order valence-electron chi connectivity index (χ0n) is 14.4. The highest BCUT2D eigenvalue weighted by Crippen LogP contribution is 2.32. The number of hydrogen-bond donors (Lipinski definition) is 1. The summed E-state index contributed by atoms with van der Waals surface area (Å²) in [6, 6.07) is 9.30. The third-order valence-electron chi connectivity index (χ3n) is 5.14. The Labute approximate surface area is 147 Å². The van der Waals surface area contributed by atoms with Crippen LogP contribution < -0.4 is 5.32 Å². The first-order valence-corrected chi connectivity index (χ1v) is 8.92. The number of aryl methyl sites for hydroxylation is 1. The van der Waals surface area contributed by atoms with E-state index >= 15 is 0 Å². The summed E-state index contributed by atoms with van der Waals surface area (Å²) in [4.78, 5) is 26.9. The molecule has 2 aliphatic heterocycles. The third-order valence-corrected chi connectivity index (χ3v) is 5.14. The van der Waals surface area contributed by atoms with Gasteiger partial charge in [0.25, 0.3) is 11.8 Å². The molecule has 1 N–H and O–H groups in total. The lowest BCUT2D eigenvalue weighted by Crippen LogP contribution is -2.34. The first-order valence-electron chi connectivity index (χ1n) is 8.92.